The van der Waals surface area contributed by atoms with Crippen molar-refractivity contribution in [3.63, 3.8) is 0 Å². The van der Waals surface area contributed by atoms with E-state index in [1.165, 1.54) is 11.9 Å². The molecule has 0 saturated heterocycles. The molecule has 0 aliphatic carbocycles. The van der Waals surface area contributed by atoms with E-state index >= 15 is 0 Å². The van der Waals surface area contributed by atoms with Gasteiger partial charge in [-0.1, -0.05) is 28.9 Å². The highest BCUT2D eigenvalue weighted by atomic mass is 35.5. The molecular weight excluding hydrogens is 296 g/mol. The summed E-state index contributed by atoms with van der Waals surface area (Å²) in [5, 5.41) is 5.51. The summed E-state index contributed by atoms with van der Waals surface area (Å²) in [5.41, 5.74) is 0.653. The summed E-state index contributed by atoms with van der Waals surface area (Å²) in [5.74, 6) is 1.47. The summed E-state index contributed by atoms with van der Waals surface area (Å²) in [4.78, 5) is 0.972. The van der Waals surface area contributed by atoms with Gasteiger partial charge in [-0.2, -0.15) is 0 Å². The van der Waals surface area contributed by atoms with Crippen LogP contribution in [0.1, 0.15) is 0 Å². The third-order valence-electron chi connectivity index (χ3n) is 2.76. The average molecular weight is 307 g/mol. The van der Waals surface area contributed by atoms with Crippen LogP contribution in [0, 0.1) is 0 Å². The molecule has 20 heavy (non-hydrogen) atoms. The normalized spacial score (nSPS) is 10.7. The number of methoxy groups -OCH3 is 1. The third-order valence-corrected chi connectivity index (χ3v) is 3.85. The molecule has 0 unspecified atom stereocenters. The number of rotatable bonds is 4. The highest BCUT2D eigenvalue weighted by Crippen LogP contribution is 2.32. The van der Waals surface area contributed by atoms with E-state index in [1.54, 1.807) is 19.2 Å². The van der Waals surface area contributed by atoms with E-state index in [4.69, 9.17) is 20.9 Å². The second kappa shape index (κ2) is 5.64. The van der Waals surface area contributed by atoms with Crippen LogP contribution in [0.4, 0.5) is 5.82 Å². The van der Waals surface area contributed by atoms with Crippen LogP contribution >= 0.6 is 23.5 Å². The van der Waals surface area contributed by atoms with Gasteiger partial charge in [0.1, 0.15) is 5.75 Å². The van der Waals surface area contributed by atoms with Crippen LogP contribution in [0.3, 0.4) is 0 Å². The molecule has 1 aromatic heterocycles. The van der Waals surface area contributed by atoms with Crippen LogP contribution in [-0.2, 0) is 0 Å². The number of para-hydroxylation sites is 1. The molecule has 4 nitrogen and oxygen atoms in total. The summed E-state index contributed by atoms with van der Waals surface area (Å²) in [6, 6.07) is 13.2. The Morgan fingerprint density at radius 2 is 2.10 bits per heavy atom. The van der Waals surface area contributed by atoms with Crippen molar-refractivity contribution in [2.24, 2.45) is 0 Å². The Kier molecular flexibility index (Phi) is 3.71. The van der Waals surface area contributed by atoms with E-state index in [9.17, 15) is 0 Å². The Labute approximate surface area is 125 Å². The largest absolute Gasteiger partial charge is 0.496 e. The minimum atomic E-state index is 0.623. The molecule has 0 atom stereocenters. The van der Waals surface area contributed by atoms with Gasteiger partial charge in [-0.05, 0) is 36.2 Å². The zero-order chi connectivity index (χ0) is 13.9. The number of nitrogens with zero attached hydrogens (tertiary/aromatic N) is 1. The molecule has 1 heterocycles. The second-order valence-corrected chi connectivity index (χ2v) is 5.31. The van der Waals surface area contributed by atoms with Crippen molar-refractivity contribution in [2.75, 3.05) is 11.8 Å². The molecule has 3 aromatic rings. The first-order valence-corrected chi connectivity index (χ1v) is 7.08. The molecule has 0 fully saturated rings. The molecule has 0 bridgehead atoms. The summed E-state index contributed by atoms with van der Waals surface area (Å²) in [6.45, 7) is 0. The lowest BCUT2D eigenvalue weighted by molar-refractivity contribution is 0.405. The maximum absolute atomic E-state index is 5.91. The quantitative estimate of drug-likeness (QED) is 0.713. The van der Waals surface area contributed by atoms with Gasteiger partial charge < -0.3 is 14.0 Å². The maximum atomic E-state index is 5.91. The number of hydrogen-bond acceptors (Lipinski definition) is 5. The highest BCUT2D eigenvalue weighted by Gasteiger charge is 2.10. The van der Waals surface area contributed by atoms with Crippen LogP contribution in [0.25, 0.3) is 11.0 Å². The van der Waals surface area contributed by atoms with Gasteiger partial charge in [0.25, 0.3) is 0 Å². The monoisotopic (exact) mass is 306 g/mol. The summed E-state index contributed by atoms with van der Waals surface area (Å²) in [7, 11) is 1.65. The van der Waals surface area contributed by atoms with Gasteiger partial charge in [0.2, 0.25) is 0 Å². The van der Waals surface area contributed by atoms with Gasteiger partial charge in [-0.3, -0.25) is 0 Å². The van der Waals surface area contributed by atoms with Crippen LogP contribution in [0.15, 0.2) is 51.9 Å². The fourth-order valence-corrected chi connectivity index (χ4v) is 2.71. The Hall–Kier alpha value is -1.85. The topological polar surface area (TPSA) is 47.3 Å². The van der Waals surface area contributed by atoms with Gasteiger partial charge in [-0.25, -0.2) is 0 Å². The first-order valence-electron chi connectivity index (χ1n) is 5.89. The van der Waals surface area contributed by atoms with Crippen molar-refractivity contribution in [3.05, 3.63) is 47.5 Å². The number of fused-ring (bicyclic) bond motifs is 1. The predicted molar refractivity (Wildman–Crippen MR) is 81.5 cm³/mol. The number of nitrogens with one attached hydrogen (secondary N) is 1. The minimum absolute atomic E-state index is 0.623. The van der Waals surface area contributed by atoms with E-state index < -0.39 is 0 Å². The fraction of sp³-hybridized carbons (Fsp3) is 0.0714. The zero-order valence-corrected chi connectivity index (χ0v) is 12.2. The predicted octanol–water partition coefficient (Wildman–Crippen LogP) is 4.61. The average Bonchev–Trinajstić information content (AvgIpc) is 2.87. The molecule has 0 spiro atoms. The Balaban J connectivity index is 1.83. The number of halogens is 1. The first-order chi connectivity index (χ1) is 9.78. The minimum Gasteiger partial charge on any atom is -0.496 e. The lowest BCUT2D eigenvalue weighted by atomic mass is 10.2. The SMILES string of the molecule is COc1ccccc1SNc1noc2cc(Cl)ccc12. The van der Waals surface area contributed by atoms with E-state index in [0.717, 1.165) is 16.0 Å². The molecule has 0 aliphatic heterocycles. The second-order valence-electron chi connectivity index (χ2n) is 4.03. The number of ether oxygens (including phenoxy) is 1. The first kappa shape index (κ1) is 13.1. The molecule has 1 N–H and O–H groups in total. The molecule has 0 amide bonds. The molecular formula is C14H11ClN2O2S. The van der Waals surface area contributed by atoms with E-state index in [2.05, 4.69) is 9.88 Å². The molecule has 102 valence electrons. The summed E-state index contributed by atoms with van der Waals surface area (Å²) < 4.78 is 13.7. The lowest BCUT2D eigenvalue weighted by Gasteiger charge is -2.07. The molecule has 0 radical (unpaired) electrons. The van der Waals surface area contributed by atoms with Crippen LogP contribution in [0.5, 0.6) is 5.75 Å². The van der Waals surface area contributed by atoms with E-state index in [0.29, 0.717) is 16.4 Å². The Morgan fingerprint density at radius 3 is 2.95 bits per heavy atom. The van der Waals surface area contributed by atoms with Crippen LogP contribution in [-0.4, -0.2) is 12.3 Å². The third kappa shape index (κ3) is 2.55. The molecule has 2 aromatic carbocycles. The number of benzene rings is 2. The van der Waals surface area contributed by atoms with Gasteiger partial charge in [0.05, 0.1) is 17.4 Å². The smallest absolute Gasteiger partial charge is 0.187 e. The number of anilines is 1. The van der Waals surface area contributed by atoms with Crippen molar-refractivity contribution < 1.29 is 9.26 Å². The van der Waals surface area contributed by atoms with Gasteiger partial charge in [0, 0.05) is 11.1 Å². The summed E-state index contributed by atoms with van der Waals surface area (Å²) in [6.07, 6.45) is 0. The van der Waals surface area contributed by atoms with Crippen molar-refractivity contribution in [2.45, 2.75) is 4.90 Å². The Morgan fingerprint density at radius 1 is 1.25 bits per heavy atom. The number of hydrogen-bond donors (Lipinski definition) is 1. The highest BCUT2D eigenvalue weighted by molar-refractivity contribution is 8.00. The zero-order valence-electron chi connectivity index (χ0n) is 10.6. The molecule has 0 aliphatic rings. The van der Waals surface area contributed by atoms with Crippen molar-refractivity contribution in [3.8, 4) is 5.75 Å². The van der Waals surface area contributed by atoms with Crippen LogP contribution < -0.4 is 9.46 Å². The van der Waals surface area contributed by atoms with Crippen molar-refractivity contribution in [1.29, 1.82) is 0 Å². The van der Waals surface area contributed by atoms with Crippen molar-refractivity contribution >= 4 is 40.3 Å². The van der Waals surface area contributed by atoms with Gasteiger partial charge in [-0.15, -0.1) is 0 Å². The van der Waals surface area contributed by atoms with Gasteiger partial charge in [0.15, 0.2) is 11.4 Å². The lowest BCUT2D eigenvalue weighted by Crippen LogP contribution is -1.90. The molecule has 3 rings (SSSR count). The van der Waals surface area contributed by atoms with Crippen molar-refractivity contribution in [1.82, 2.24) is 5.16 Å². The summed E-state index contributed by atoms with van der Waals surface area (Å²) >= 11 is 7.33. The van der Waals surface area contributed by atoms with Gasteiger partial charge >= 0.3 is 0 Å². The number of aromatic nitrogens is 1. The Bertz CT molecular complexity index is 745. The fourth-order valence-electron chi connectivity index (χ4n) is 1.79. The molecule has 6 heteroatoms. The maximum Gasteiger partial charge on any atom is 0.187 e. The van der Waals surface area contributed by atoms with E-state index in [-0.39, 0.29) is 0 Å². The van der Waals surface area contributed by atoms with Crippen LogP contribution in [0.2, 0.25) is 5.02 Å². The van der Waals surface area contributed by atoms with E-state index in [1.807, 2.05) is 30.3 Å². The molecule has 0 saturated carbocycles. The standard InChI is InChI=1S/C14H11ClN2O2S/c1-18-11-4-2-3-5-13(11)20-17-14-10-7-6-9(15)8-12(10)19-16-14/h2-8H,1H3,(H,16,17).